The first kappa shape index (κ1) is 13.9. The van der Waals surface area contributed by atoms with Crippen molar-refractivity contribution in [3.8, 4) is 34.3 Å². The topological polar surface area (TPSA) is 97.0 Å². The zero-order valence-electron chi connectivity index (χ0n) is 12.1. The van der Waals surface area contributed by atoms with E-state index in [1.165, 1.54) is 0 Å². The van der Waals surface area contributed by atoms with E-state index in [4.69, 9.17) is 10.5 Å². The molecule has 4 N–H and O–H groups in total. The molecule has 1 heterocycles. The van der Waals surface area contributed by atoms with Crippen LogP contribution in [-0.4, -0.2) is 26.9 Å². The second kappa shape index (κ2) is 5.77. The van der Waals surface area contributed by atoms with Crippen molar-refractivity contribution in [3.63, 3.8) is 0 Å². The fourth-order valence-electron chi connectivity index (χ4n) is 2.13. The van der Waals surface area contributed by atoms with Gasteiger partial charge in [-0.3, -0.25) is 5.10 Å². The average molecular weight is 296 g/mol. The summed E-state index contributed by atoms with van der Waals surface area (Å²) < 4.78 is 5.38. The van der Waals surface area contributed by atoms with Crippen LogP contribution in [0, 0.1) is 0 Å². The first-order valence-corrected chi connectivity index (χ1v) is 6.92. The van der Waals surface area contributed by atoms with Crippen LogP contribution < -0.4 is 10.5 Å². The van der Waals surface area contributed by atoms with Crippen LogP contribution in [0.1, 0.15) is 6.92 Å². The number of nitrogen functional groups attached to an aromatic ring is 1. The van der Waals surface area contributed by atoms with E-state index in [1.54, 1.807) is 18.2 Å². The molecule has 22 heavy (non-hydrogen) atoms. The molecule has 0 radical (unpaired) electrons. The van der Waals surface area contributed by atoms with Crippen LogP contribution in [0.2, 0.25) is 0 Å². The van der Waals surface area contributed by atoms with Gasteiger partial charge in [-0.15, -0.1) is 0 Å². The van der Waals surface area contributed by atoms with Gasteiger partial charge < -0.3 is 15.6 Å². The summed E-state index contributed by atoms with van der Waals surface area (Å²) in [6.45, 7) is 2.33. The lowest BCUT2D eigenvalue weighted by Gasteiger charge is -2.06. The number of hydrogen-bond donors (Lipinski definition) is 3. The average Bonchev–Trinajstić information content (AvgIpc) is 3.00. The van der Waals surface area contributed by atoms with Crippen LogP contribution in [0.15, 0.2) is 42.5 Å². The fraction of sp³-hybridized carbons (Fsp3) is 0.125. The molecule has 3 rings (SSSR count). The van der Waals surface area contributed by atoms with Gasteiger partial charge >= 0.3 is 0 Å². The van der Waals surface area contributed by atoms with E-state index in [0.717, 1.165) is 11.1 Å². The molecule has 0 unspecified atom stereocenters. The Labute approximate surface area is 127 Å². The van der Waals surface area contributed by atoms with E-state index in [-0.39, 0.29) is 5.75 Å². The SMILES string of the molecule is CCOc1cc(-c2nc(-c3cccc(N)c3)n[nH]2)ccc1O. The molecule has 6 heteroatoms. The van der Waals surface area contributed by atoms with E-state index in [1.807, 2.05) is 31.2 Å². The molecule has 3 aromatic rings. The van der Waals surface area contributed by atoms with Crippen LogP contribution in [0.25, 0.3) is 22.8 Å². The Balaban J connectivity index is 1.95. The van der Waals surface area contributed by atoms with Gasteiger partial charge in [0, 0.05) is 16.8 Å². The Bertz CT molecular complexity index is 798. The molecule has 6 nitrogen and oxygen atoms in total. The lowest BCUT2D eigenvalue weighted by molar-refractivity contribution is 0.318. The summed E-state index contributed by atoms with van der Waals surface area (Å²) in [6, 6.07) is 12.4. The maximum Gasteiger partial charge on any atom is 0.181 e. The third-order valence-corrected chi connectivity index (χ3v) is 3.16. The van der Waals surface area contributed by atoms with E-state index in [2.05, 4.69) is 15.2 Å². The van der Waals surface area contributed by atoms with Gasteiger partial charge in [0.25, 0.3) is 0 Å². The number of nitrogens with one attached hydrogen (secondary N) is 1. The fourth-order valence-corrected chi connectivity index (χ4v) is 2.13. The van der Waals surface area contributed by atoms with Crippen molar-refractivity contribution in [1.29, 1.82) is 0 Å². The van der Waals surface area contributed by atoms with Crippen LogP contribution in [0.3, 0.4) is 0 Å². The number of nitrogens with zero attached hydrogens (tertiary/aromatic N) is 2. The predicted octanol–water partition coefficient (Wildman–Crippen LogP) is 2.83. The molecule has 0 atom stereocenters. The molecule has 1 aromatic heterocycles. The molecule has 0 aliphatic rings. The van der Waals surface area contributed by atoms with Crippen LogP contribution in [0.4, 0.5) is 5.69 Å². The molecule has 112 valence electrons. The van der Waals surface area contributed by atoms with Gasteiger partial charge in [0.15, 0.2) is 23.1 Å². The number of H-pyrrole nitrogens is 1. The third-order valence-electron chi connectivity index (χ3n) is 3.16. The second-order valence-electron chi connectivity index (χ2n) is 4.75. The first-order valence-electron chi connectivity index (χ1n) is 6.92. The van der Waals surface area contributed by atoms with Crippen molar-refractivity contribution in [3.05, 3.63) is 42.5 Å². The monoisotopic (exact) mass is 296 g/mol. The lowest BCUT2D eigenvalue weighted by atomic mass is 10.2. The molecule has 0 spiro atoms. The number of rotatable bonds is 4. The standard InChI is InChI=1S/C16H16N4O2/c1-2-22-14-9-11(6-7-13(14)21)16-18-15(19-20-16)10-4-3-5-12(17)8-10/h3-9,21H,2,17H2,1H3,(H,18,19,20). The highest BCUT2D eigenvalue weighted by molar-refractivity contribution is 5.65. The normalized spacial score (nSPS) is 10.6. The number of phenols is 1. The highest BCUT2D eigenvalue weighted by Crippen LogP contribution is 2.31. The lowest BCUT2D eigenvalue weighted by Crippen LogP contribution is -1.92. The summed E-state index contributed by atoms with van der Waals surface area (Å²) in [5.41, 5.74) is 8.05. The third kappa shape index (κ3) is 2.71. The highest BCUT2D eigenvalue weighted by atomic mass is 16.5. The minimum Gasteiger partial charge on any atom is -0.504 e. The molecule has 2 aromatic carbocycles. The van der Waals surface area contributed by atoms with Crippen LogP contribution in [0.5, 0.6) is 11.5 Å². The van der Waals surface area contributed by atoms with E-state index in [9.17, 15) is 5.11 Å². The van der Waals surface area contributed by atoms with Crippen molar-refractivity contribution in [1.82, 2.24) is 15.2 Å². The second-order valence-corrected chi connectivity index (χ2v) is 4.75. The molecule has 0 saturated carbocycles. The Morgan fingerprint density at radius 3 is 2.82 bits per heavy atom. The number of anilines is 1. The first-order chi connectivity index (χ1) is 10.7. The number of aromatic amines is 1. The van der Waals surface area contributed by atoms with Crippen LogP contribution >= 0.6 is 0 Å². The molecule has 0 amide bonds. The van der Waals surface area contributed by atoms with Crippen molar-refractivity contribution in [2.24, 2.45) is 0 Å². The number of phenolic OH excluding ortho intramolecular Hbond substituents is 1. The molecular formula is C16H16N4O2. The Kier molecular flexibility index (Phi) is 3.65. The molecule has 0 aliphatic heterocycles. The highest BCUT2D eigenvalue weighted by Gasteiger charge is 2.10. The number of hydrogen-bond acceptors (Lipinski definition) is 5. The zero-order chi connectivity index (χ0) is 15.5. The summed E-state index contributed by atoms with van der Waals surface area (Å²) in [6.07, 6.45) is 0. The maximum absolute atomic E-state index is 9.74. The number of aromatic hydroxyl groups is 1. The molecule has 0 fully saturated rings. The van der Waals surface area contributed by atoms with Crippen molar-refractivity contribution in [2.75, 3.05) is 12.3 Å². The van der Waals surface area contributed by atoms with Gasteiger partial charge in [0.05, 0.1) is 6.61 Å². The smallest absolute Gasteiger partial charge is 0.181 e. The van der Waals surface area contributed by atoms with Crippen LogP contribution in [-0.2, 0) is 0 Å². The summed E-state index contributed by atoms with van der Waals surface area (Å²) >= 11 is 0. The summed E-state index contributed by atoms with van der Waals surface area (Å²) in [7, 11) is 0. The molecule has 0 aliphatic carbocycles. The summed E-state index contributed by atoms with van der Waals surface area (Å²) in [4.78, 5) is 4.46. The van der Waals surface area contributed by atoms with Crippen molar-refractivity contribution >= 4 is 5.69 Å². The van der Waals surface area contributed by atoms with Crippen molar-refractivity contribution in [2.45, 2.75) is 6.92 Å². The van der Waals surface area contributed by atoms with E-state index < -0.39 is 0 Å². The van der Waals surface area contributed by atoms with Gasteiger partial charge in [-0.25, -0.2) is 4.98 Å². The number of benzene rings is 2. The largest absolute Gasteiger partial charge is 0.504 e. The molecule has 0 bridgehead atoms. The van der Waals surface area contributed by atoms with Gasteiger partial charge in [-0.2, -0.15) is 5.10 Å². The van der Waals surface area contributed by atoms with Crippen molar-refractivity contribution < 1.29 is 9.84 Å². The number of aromatic nitrogens is 3. The quantitative estimate of drug-likeness (QED) is 0.643. The van der Waals surface area contributed by atoms with Gasteiger partial charge in [-0.05, 0) is 37.3 Å². The zero-order valence-corrected chi connectivity index (χ0v) is 12.1. The summed E-state index contributed by atoms with van der Waals surface area (Å²) in [5.74, 6) is 1.68. The minimum absolute atomic E-state index is 0.0983. The van der Waals surface area contributed by atoms with Gasteiger partial charge in [0.1, 0.15) is 0 Å². The minimum atomic E-state index is 0.0983. The Morgan fingerprint density at radius 2 is 2.05 bits per heavy atom. The number of ether oxygens (including phenoxy) is 1. The Hall–Kier alpha value is -3.02. The molecular weight excluding hydrogens is 280 g/mol. The molecule has 0 saturated heterocycles. The predicted molar refractivity (Wildman–Crippen MR) is 84.5 cm³/mol. The van der Waals surface area contributed by atoms with E-state index >= 15 is 0 Å². The van der Waals surface area contributed by atoms with Gasteiger partial charge in [0.2, 0.25) is 0 Å². The van der Waals surface area contributed by atoms with E-state index in [0.29, 0.717) is 29.7 Å². The number of nitrogens with two attached hydrogens (primary N) is 1. The Morgan fingerprint density at radius 1 is 1.18 bits per heavy atom. The summed E-state index contributed by atoms with van der Waals surface area (Å²) in [5, 5.41) is 16.8. The maximum atomic E-state index is 9.74. The van der Waals surface area contributed by atoms with Gasteiger partial charge in [-0.1, -0.05) is 12.1 Å².